The lowest BCUT2D eigenvalue weighted by Gasteiger charge is -2.33. The van der Waals surface area contributed by atoms with Crippen molar-refractivity contribution < 1.29 is 21.5 Å². The Morgan fingerprint density at radius 3 is 2.41 bits per heavy atom. The van der Waals surface area contributed by atoms with E-state index < -0.39 is 0 Å². The molecule has 0 aliphatic rings. The third-order valence-corrected chi connectivity index (χ3v) is 2.71. The second-order valence-electron chi connectivity index (χ2n) is 4.62. The predicted octanol–water partition coefficient (Wildman–Crippen LogP) is -0.617. The fourth-order valence-electron chi connectivity index (χ4n) is 1.87. The van der Waals surface area contributed by atoms with Crippen LogP contribution in [0.3, 0.4) is 0 Å². The lowest BCUT2D eigenvalue weighted by atomic mass is 10.0. The molecule has 17 heavy (non-hydrogen) atoms. The first-order chi connectivity index (χ1) is 7.51. The van der Waals surface area contributed by atoms with Gasteiger partial charge in [0.05, 0.1) is 14.1 Å². The summed E-state index contributed by atoms with van der Waals surface area (Å²) in [5.74, 6) is 5.53. The molecule has 1 atom stereocenters. The lowest BCUT2D eigenvalue weighted by Crippen LogP contribution is -3.00. The van der Waals surface area contributed by atoms with E-state index in [1.54, 1.807) is 0 Å². The van der Waals surface area contributed by atoms with E-state index in [4.69, 9.17) is 12.8 Å². The van der Waals surface area contributed by atoms with Crippen molar-refractivity contribution in [3.05, 3.63) is 35.4 Å². The summed E-state index contributed by atoms with van der Waals surface area (Å²) in [6.45, 7) is 2.70. The maximum Gasteiger partial charge on any atom is 0.176 e. The van der Waals surface area contributed by atoms with Crippen LogP contribution in [0.15, 0.2) is 24.3 Å². The molecule has 0 heterocycles. The number of hydrogen-bond donors (Lipinski definition) is 0. The van der Waals surface area contributed by atoms with Crippen molar-refractivity contribution in [1.82, 2.24) is 0 Å². The molecule has 1 aromatic rings. The van der Waals surface area contributed by atoms with Crippen LogP contribution in [0.2, 0.25) is 0 Å². The van der Waals surface area contributed by atoms with E-state index in [2.05, 4.69) is 51.1 Å². The molecule has 1 unspecified atom stereocenters. The molecule has 0 fully saturated rings. The number of nitrogens with zero attached hydrogens (tertiary/aromatic N) is 1. The molecule has 90 valence electrons. The van der Waals surface area contributed by atoms with Crippen molar-refractivity contribution in [2.75, 3.05) is 20.6 Å². The number of aryl methyl sites for hydroxylation is 1. The van der Waals surface area contributed by atoms with E-state index in [-0.39, 0.29) is 23.0 Å². The number of halogens is 1. The van der Waals surface area contributed by atoms with Crippen LogP contribution in [0.4, 0.5) is 0 Å². The van der Waals surface area contributed by atoms with Crippen LogP contribution in [-0.4, -0.2) is 25.1 Å². The minimum Gasteiger partial charge on any atom is -1.00 e. The fraction of sp³-hybridized carbons (Fsp3) is 0.333. The summed E-state index contributed by atoms with van der Waals surface area (Å²) in [6, 6.07) is 8.30. The van der Waals surface area contributed by atoms with E-state index in [1.165, 1.54) is 5.56 Å². The van der Waals surface area contributed by atoms with Crippen LogP contribution in [0.5, 0.6) is 0 Å². The first kappa shape index (κ1) is 15.8. The van der Waals surface area contributed by atoms with E-state index >= 15 is 0 Å². The van der Waals surface area contributed by atoms with Crippen LogP contribution in [0.25, 0.3) is 0 Å². The topological polar surface area (TPSA) is 0 Å². The molecule has 1 aromatic carbocycles. The van der Waals surface area contributed by atoms with Crippen LogP contribution in [0, 0.1) is 31.6 Å². The van der Waals surface area contributed by atoms with Crippen molar-refractivity contribution in [3.63, 3.8) is 0 Å². The van der Waals surface area contributed by atoms with E-state index in [1.807, 2.05) is 6.07 Å². The Morgan fingerprint density at radius 1 is 1.29 bits per heavy atom. The Bertz CT molecular complexity index is 449. The zero-order chi connectivity index (χ0) is 12.2. The molecule has 0 saturated carbocycles. The van der Waals surface area contributed by atoms with Gasteiger partial charge in [0.15, 0.2) is 6.04 Å². The minimum atomic E-state index is 0. The minimum absolute atomic E-state index is 0. The third kappa shape index (κ3) is 3.93. The first-order valence-electron chi connectivity index (χ1n) is 5.30. The Balaban J connectivity index is 0.00000256. The molecule has 0 saturated heterocycles. The Kier molecular flexibility index (Phi) is 6.03. The molecule has 0 N–H and O–H groups in total. The summed E-state index contributed by atoms with van der Waals surface area (Å²) in [5.41, 5.74) is 2.38. The largest absolute Gasteiger partial charge is 1.00 e. The quantitative estimate of drug-likeness (QED) is 0.515. The Morgan fingerprint density at radius 2 is 1.94 bits per heavy atom. The average molecular weight is 292 g/mol. The molecule has 0 amide bonds. The van der Waals surface area contributed by atoms with E-state index in [0.717, 1.165) is 5.56 Å². The highest BCUT2D eigenvalue weighted by Crippen LogP contribution is 2.24. The van der Waals surface area contributed by atoms with Gasteiger partial charge < -0.3 is 21.5 Å². The molecule has 1 nitrogen and oxygen atoms in total. The van der Waals surface area contributed by atoms with Gasteiger partial charge in [-0.2, -0.15) is 0 Å². The van der Waals surface area contributed by atoms with Crippen LogP contribution in [0.1, 0.15) is 17.2 Å². The first-order valence-corrected chi connectivity index (χ1v) is 5.30. The summed E-state index contributed by atoms with van der Waals surface area (Å²) < 4.78 is 0.621. The average Bonchev–Trinajstić information content (AvgIpc) is 2.18. The normalized spacial score (nSPS) is 11.8. The number of hydrogen-bond acceptors (Lipinski definition) is 0. The SMILES string of the molecule is C#CC[N+](C)(C)C(C#C)c1cccc(C)c1.[Br-]. The lowest BCUT2D eigenvalue weighted by molar-refractivity contribution is -0.905. The second kappa shape index (κ2) is 6.50. The van der Waals surface area contributed by atoms with E-state index in [9.17, 15) is 0 Å². The van der Waals surface area contributed by atoms with Gasteiger partial charge in [-0.05, 0) is 24.8 Å². The van der Waals surface area contributed by atoms with Gasteiger partial charge in [-0.3, -0.25) is 0 Å². The number of terminal acetylenes is 2. The monoisotopic (exact) mass is 291 g/mol. The summed E-state index contributed by atoms with van der Waals surface area (Å²) in [5, 5.41) is 0. The second-order valence-corrected chi connectivity index (χ2v) is 4.62. The van der Waals surface area contributed by atoms with Gasteiger partial charge >= 0.3 is 0 Å². The molecule has 0 aliphatic carbocycles. The predicted molar refractivity (Wildman–Crippen MR) is 68.6 cm³/mol. The maximum absolute atomic E-state index is 5.64. The molecular formula is C15H18BrN. The number of rotatable bonds is 3. The molecule has 1 rings (SSSR count). The van der Waals surface area contributed by atoms with Gasteiger partial charge in [-0.15, -0.1) is 12.8 Å². The maximum atomic E-state index is 5.64. The van der Waals surface area contributed by atoms with E-state index in [0.29, 0.717) is 11.0 Å². The molecule has 0 radical (unpaired) electrons. The summed E-state index contributed by atoms with van der Waals surface area (Å²) >= 11 is 0. The highest BCUT2D eigenvalue weighted by molar-refractivity contribution is 5.28. The highest BCUT2D eigenvalue weighted by Gasteiger charge is 2.27. The van der Waals surface area contributed by atoms with Gasteiger partial charge in [0.25, 0.3) is 0 Å². The Labute approximate surface area is 115 Å². The number of quaternary nitrogens is 1. The zero-order valence-electron chi connectivity index (χ0n) is 10.6. The number of benzene rings is 1. The molecule has 0 aromatic heterocycles. The fourth-order valence-corrected chi connectivity index (χ4v) is 1.87. The van der Waals surface area contributed by atoms with Gasteiger partial charge in [0.1, 0.15) is 6.54 Å². The van der Waals surface area contributed by atoms with Crippen LogP contribution in [-0.2, 0) is 0 Å². The smallest absolute Gasteiger partial charge is 0.176 e. The van der Waals surface area contributed by atoms with Crippen LogP contribution < -0.4 is 17.0 Å². The zero-order valence-corrected chi connectivity index (χ0v) is 12.2. The molecule has 2 heteroatoms. The standard InChI is InChI=1S/C15H18N.BrH/c1-6-11-16(4,5)15(7-2)14-10-8-9-13(3)12-14;/h1-2,8-10,12,15H,11H2,3-5H3;1H/q+1;/p-1. The van der Waals surface area contributed by atoms with Gasteiger partial charge in [0, 0.05) is 5.56 Å². The molecule has 0 spiro atoms. The Hall–Kier alpha value is -1.22. The molecular weight excluding hydrogens is 274 g/mol. The van der Waals surface area contributed by atoms with Crippen molar-refractivity contribution in [1.29, 1.82) is 0 Å². The summed E-state index contributed by atoms with van der Waals surface area (Å²) in [7, 11) is 4.12. The molecule has 0 aliphatic heterocycles. The van der Waals surface area contributed by atoms with Gasteiger partial charge in [-0.25, -0.2) is 0 Å². The summed E-state index contributed by atoms with van der Waals surface area (Å²) in [4.78, 5) is 0. The van der Waals surface area contributed by atoms with Crippen molar-refractivity contribution >= 4 is 0 Å². The molecule has 0 bridgehead atoms. The third-order valence-electron chi connectivity index (χ3n) is 2.71. The summed E-state index contributed by atoms with van der Waals surface area (Å²) in [6.07, 6.45) is 11.0. The van der Waals surface area contributed by atoms with Gasteiger partial charge in [0.2, 0.25) is 0 Å². The van der Waals surface area contributed by atoms with Crippen molar-refractivity contribution in [2.24, 2.45) is 0 Å². The van der Waals surface area contributed by atoms with Crippen LogP contribution >= 0.6 is 0 Å². The van der Waals surface area contributed by atoms with Gasteiger partial charge in [-0.1, -0.05) is 23.8 Å². The van der Waals surface area contributed by atoms with Crippen molar-refractivity contribution in [3.8, 4) is 24.7 Å². The van der Waals surface area contributed by atoms with Crippen molar-refractivity contribution in [2.45, 2.75) is 13.0 Å². The highest BCUT2D eigenvalue weighted by atomic mass is 79.9.